The molecule has 0 fully saturated rings. The first-order valence-corrected chi connectivity index (χ1v) is 13.8. The van der Waals surface area contributed by atoms with Crippen molar-refractivity contribution in [3.05, 3.63) is 92.4 Å². The molecule has 0 N–H and O–H groups in total. The van der Waals surface area contributed by atoms with Crippen LogP contribution in [-0.4, -0.2) is 13.3 Å². The average molecular weight is 331 g/mol. The second-order valence-electron chi connectivity index (χ2n) is 6.29. The molecule has 0 nitrogen and oxygen atoms in total. The van der Waals surface area contributed by atoms with E-state index in [0.717, 1.165) is 0 Å². The molecule has 4 rings (SSSR count). The van der Waals surface area contributed by atoms with E-state index >= 15 is 0 Å². The molecule has 0 heterocycles. The van der Waals surface area contributed by atoms with Gasteiger partial charge >= 0.3 is 129 Å². The van der Waals surface area contributed by atoms with Gasteiger partial charge in [0.1, 0.15) is 0 Å². The van der Waals surface area contributed by atoms with Crippen LogP contribution in [0.2, 0.25) is 11.5 Å². The number of hydrogen-bond donors (Lipinski definition) is 0. The van der Waals surface area contributed by atoms with Crippen LogP contribution in [0.4, 0.5) is 0 Å². The van der Waals surface area contributed by atoms with Crippen LogP contribution in [0.15, 0.2) is 60.7 Å². The molecule has 2 aromatic carbocycles. The minimum absolute atomic E-state index is 1.38. The van der Waals surface area contributed by atoms with Crippen molar-refractivity contribution in [1.82, 2.24) is 0 Å². The van der Waals surface area contributed by atoms with Gasteiger partial charge in [-0.1, -0.05) is 0 Å². The number of rotatable bonds is 2. The van der Waals surface area contributed by atoms with E-state index in [1.54, 1.807) is 9.50 Å². The van der Waals surface area contributed by atoms with E-state index in [9.17, 15) is 0 Å². The molecule has 0 bridgehead atoms. The summed E-state index contributed by atoms with van der Waals surface area (Å²) in [5.74, 6) is 5.03. The van der Waals surface area contributed by atoms with E-state index in [1.807, 2.05) is 0 Å². The Morgan fingerprint density at radius 1 is 0.571 bits per heavy atom. The van der Waals surface area contributed by atoms with E-state index in [1.165, 1.54) is 22.3 Å². The zero-order valence-corrected chi connectivity index (χ0v) is 14.5. The molecule has 21 heavy (non-hydrogen) atoms. The van der Waals surface area contributed by atoms with E-state index in [2.05, 4.69) is 84.3 Å². The van der Waals surface area contributed by atoms with Gasteiger partial charge in [0, 0.05) is 0 Å². The molecule has 2 aromatic rings. The predicted octanol–water partition coefficient (Wildman–Crippen LogP) is 5.07. The molecule has 2 radical (unpaired) electrons. The third-order valence-electron chi connectivity index (χ3n) is 4.71. The number of allylic oxidation sites excluding steroid dienone is 2. The van der Waals surface area contributed by atoms with Crippen LogP contribution in [0, 0.1) is 9.50 Å². The second-order valence-corrected chi connectivity index (χ2v) is 15.4. The standard InChI is InChI=1S/C20H18Ge/c1-21(2,19-13-11-15-7-3-5-9-17(15)19)20-14-12-16-8-4-6-10-18(16)20/h3-14H,1-2H3. The monoisotopic (exact) mass is 332 g/mol. The number of hydrogen-bond acceptors (Lipinski definition) is 0. The molecular formula is C20H18Ge. The number of fused-ring (bicyclic) bond motifs is 2. The molecule has 1 heteroatoms. The summed E-state index contributed by atoms with van der Waals surface area (Å²) in [6, 6.07) is 17.6. The van der Waals surface area contributed by atoms with Crippen LogP contribution in [0.5, 0.6) is 0 Å². The fraction of sp³-hybridized carbons (Fsp3) is 0.100. The normalized spacial score (nSPS) is 17.2. The van der Waals surface area contributed by atoms with Crippen molar-refractivity contribution in [2.45, 2.75) is 11.5 Å². The van der Waals surface area contributed by atoms with Gasteiger partial charge in [-0.15, -0.1) is 0 Å². The Labute approximate surface area is 129 Å². The molecule has 2 aliphatic rings. The van der Waals surface area contributed by atoms with E-state index < -0.39 is 13.3 Å². The van der Waals surface area contributed by atoms with Crippen molar-refractivity contribution < 1.29 is 0 Å². The zero-order chi connectivity index (χ0) is 14.4. The van der Waals surface area contributed by atoms with Gasteiger partial charge in [-0.25, -0.2) is 0 Å². The molecule has 102 valence electrons. The first-order chi connectivity index (χ1) is 10.2. The van der Waals surface area contributed by atoms with Crippen LogP contribution in [-0.2, 0) is 0 Å². The third-order valence-corrected chi connectivity index (χ3v) is 12.2. The van der Waals surface area contributed by atoms with Gasteiger partial charge in [-0.3, -0.25) is 0 Å². The van der Waals surface area contributed by atoms with Gasteiger partial charge in [-0.2, -0.15) is 0 Å². The summed E-state index contributed by atoms with van der Waals surface area (Å²) in [4.78, 5) is 0. The van der Waals surface area contributed by atoms with Crippen LogP contribution >= 0.6 is 0 Å². The Balaban J connectivity index is 1.76. The second kappa shape index (κ2) is 4.74. The van der Waals surface area contributed by atoms with Crippen LogP contribution < -0.4 is 0 Å². The van der Waals surface area contributed by atoms with Crippen molar-refractivity contribution in [1.29, 1.82) is 0 Å². The van der Waals surface area contributed by atoms with Crippen molar-refractivity contribution >= 4 is 25.4 Å². The maximum absolute atomic E-state index is 2.52. The van der Waals surface area contributed by atoms with E-state index in [4.69, 9.17) is 0 Å². The maximum atomic E-state index is 2.52. The first kappa shape index (κ1) is 13.1. The minimum atomic E-state index is -2.27. The Hall–Kier alpha value is -1.54. The summed E-state index contributed by atoms with van der Waals surface area (Å²) in [5.41, 5.74) is 5.66. The van der Waals surface area contributed by atoms with Crippen LogP contribution in [0.3, 0.4) is 0 Å². The van der Waals surface area contributed by atoms with Crippen molar-refractivity contribution in [3.63, 3.8) is 0 Å². The summed E-state index contributed by atoms with van der Waals surface area (Å²) < 4.78 is 3.20. The molecule has 0 spiro atoms. The third kappa shape index (κ3) is 1.97. The summed E-state index contributed by atoms with van der Waals surface area (Å²) in [6.07, 6.45) is 9.30. The molecule has 0 saturated carbocycles. The zero-order valence-electron chi connectivity index (χ0n) is 12.4. The molecular weight excluding hydrogens is 313 g/mol. The fourth-order valence-electron chi connectivity index (χ4n) is 3.54. The summed E-state index contributed by atoms with van der Waals surface area (Å²) >= 11 is -2.27. The van der Waals surface area contributed by atoms with Crippen molar-refractivity contribution in [2.75, 3.05) is 0 Å². The molecule has 0 aromatic heterocycles. The SMILES string of the molecule is [CH3][Ge]([CH3])([C]1C=Cc2ccccc21)[C]1C=Cc2ccccc21. The topological polar surface area (TPSA) is 0 Å². The van der Waals surface area contributed by atoms with E-state index in [0.29, 0.717) is 0 Å². The Morgan fingerprint density at radius 2 is 1.00 bits per heavy atom. The molecule has 0 atom stereocenters. The van der Waals surface area contributed by atoms with Crippen molar-refractivity contribution in [3.8, 4) is 0 Å². The quantitative estimate of drug-likeness (QED) is 0.674. The first-order valence-electron chi connectivity index (χ1n) is 7.48. The summed E-state index contributed by atoms with van der Waals surface area (Å²) in [6.45, 7) is 0. The molecule has 2 aliphatic carbocycles. The Bertz CT molecular complexity index is 688. The Kier molecular flexibility index (Phi) is 2.97. The summed E-state index contributed by atoms with van der Waals surface area (Å²) in [5, 5.41) is 0. The van der Waals surface area contributed by atoms with Gasteiger partial charge in [0.15, 0.2) is 0 Å². The summed E-state index contributed by atoms with van der Waals surface area (Å²) in [7, 11) is 0. The average Bonchev–Trinajstić information content (AvgIpc) is 3.12. The van der Waals surface area contributed by atoms with Gasteiger partial charge in [0.2, 0.25) is 0 Å². The fourth-order valence-corrected chi connectivity index (χ4v) is 10.0. The molecule has 0 aliphatic heterocycles. The van der Waals surface area contributed by atoms with Gasteiger partial charge in [-0.05, 0) is 0 Å². The van der Waals surface area contributed by atoms with E-state index in [-0.39, 0.29) is 0 Å². The van der Waals surface area contributed by atoms with Crippen LogP contribution in [0.1, 0.15) is 22.3 Å². The van der Waals surface area contributed by atoms with Crippen LogP contribution in [0.25, 0.3) is 12.2 Å². The molecule has 0 unspecified atom stereocenters. The number of benzene rings is 2. The predicted molar refractivity (Wildman–Crippen MR) is 93.1 cm³/mol. The Morgan fingerprint density at radius 3 is 1.48 bits per heavy atom. The van der Waals surface area contributed by atoms with Gasteiger partial charge in [0.25, 0.3) is 0 Å². The molecule has 0 amide bonds. The molecule has 0 saturated heterocycles. The van der Waals surface area contributed by atoms with Gasteiger partial charge < -0.3 is 0 Å². The van der Waals surface area contributed by atoms with Gasteiger partial charge in [0.05, 0.1) is 0 Å². The van der Waals surface area contributed by atoms with Crippen molar-refractivity contribution in [2.24, 2.45) is 0 Å².